The van der Waals surface area contributed by atoms with Crippen molar-refractivity contribution in [1.82, 2.24) is 10.2 Å². The fourth-order valence-electron chi connectivity index (χ4n) is 2.48. The average molecular weight is 291 g/mol. The minimum absolute atomic E-state index is 0.182. The highest BCUT2D eigenvalue weighted by atomic mass is 19.1. The molecule has 112 valence electrons. The zero-order valence-electron chi connectivity index (χ0n) is 11.7. The third-order valence-corrected chi connectivity index (χ3v) is 3.87. The summed E-state index contributed by atoms with van der Waals surface area (Å²) in [5.41, 5.74) is 0.548. The van der Waals surface area contributed by atoms with E-state index >= 15 is 0 Å². The molecule has 21 heavy (non-hydrogen) atoms. The maximum atomic E-state index is 13.7. The van der Waals surface area contributed by atoms with Crippen LogP contribution in [0.2, 0.25) is 0 Å². The average Bonchev–Trinajstić information content (AvgIpc) is 3.31. The molecule has 1 aliphatic heterocycles. The maximum Gasteiger partial charge on any atom is 0.312 e. The molecule has 1 saturated heterocycles. The minimum Gasteiger partial charge on any atom is -0.366 e. The Labute approximate surface area is 122 Å². The monoisotopic (exact) mass is 291 g/mol. The summed E-state index contributed by atoms with van der Waals surface area (Å²) in [7, 11) is 0. The fourth-order valence-corrected chi connectivity index (χ4v) is 2.48. The van der Waals surface area contributed by atoms with Gasteiger partial charge in [0.25, 0.3) is 0 Å². The molecular formula is C15H18FN3O2. The van der Waals surface area contributed by atoms with E-state index < -0.39 is 11.8 Å². The van der Waals surface area contributed by atoms with Crippen molar-refractivity contribution in [3.63, 3.8) is 0 Å². The van der Waals surface area contributed by atoms with Crippen LogP contribution in [-0.4, -0.2) is 48.9 Å². The molecule has 1 aliphatic carbocycles. The predicted octanol–water partition coefficient (Wildman–Crippen LogP) is 0.753. The number of para-hydroxylation sites is 1. The van der Waals surface area contributed by atoms with Crippen LogP contribution >= 0.6 is 0 Å². The quantitative estimate of drug-likeness (QED) is 0.818. The number of amides is 2. The molecule has 1 heterocycles. The highest BCUT2D eigenvalue weighted by molar-refractivity contribution is 6.35. The SMILES string of the molecule is O=C(NC1CC1)C(=O)N1CCN(c2ccccc2F)CC1. The summed E-state index contributed by atoms with van der Waals surface area (Å²) in [6.07, 6.45) is 1.92. The topological polar surface area (TPSA) is 52.7 Å². The number of nitrogens with zero attached hydrogens (tertiary/aromatic N) is 2. The van der Waals surface area contributed by atoms with E-state index in [0.29, 0.717) is 31.9 Å². The van der Waals surface area contributed by atoms with Gasteiger partial charge in [-0.3, -0.25) is 9.59 Å². The van der Waals surface area contributed by atoms with E-state index in [-0.39, 0.29) is 11.9 Å². The van der Waals surface area contributed by atoms with Crippen LogP contribution in [0.1, 0.15) is 12.8 Å². The number of halogens is 1. The number of carbonyl (C=O) groups excluding carboxylic acids is 2. The molecule has 1 aromatic rings. The number of hydrogen-bond donors (Lipinski definition) is 1. The van der Waals surface area contributed by atoms with Gasteiger partial charge in [0.15, 0.2) is 0 Å². The van der Waals surface area contributed by atoms with E-state index in [1.165, 1.54) is 11.0 Å². The van der Waals surface area contributed by atoms with Crippen LogP contribution in [0.15, 0.2) is 24.3 Å². The highest BCUT2D eigenvalue weighted by Crippen LogP contribution is 2.21. The third kappa shape index (κ3) is 3.15. The zero-order chi connectivity index (χ0) is 14.8. The van der Waals surface area contributed by atoms with E-state index in [1.807, 2.05) is 4.90 Å². The van der Waals surface area contributed by atoms with Crippen molar-refractivity contribution in [3.8, 4) is 0 Å². The summed E-state index contributed by atoms with van der Waals surface area (Å²) in [4.78, 5) is 27.2. The van der Waals surface area contributed by atoms with Crippen LogP contribution in [-0.2, 0) is 9.59 Å². The van der Waals surface area contributed by atoms with Crippen LogP contribution in [0.4, 0.5) is 10.1 Å². The van der Waals surface area contributed by atoms with Crippen molar-refractivity contribution in [2.45, 2.75) is 18.9 Å². The first kappa shape index (κ1) is 13.9. The molecule has 0 bridgehead atoms. The van der Waals surface area contributed by atoms with Gasteiger partial charge in [0.05, 0.1) is 5.69 Å². The molecule has 3 rings (SSSR count). The Balaban J connectivity index is 1.56. The number of rotatable bonds is 2. The van der Waals surface area contributed by atoms with Crippen LogP contribution in [0.5, 0.6) is 0 Å². The van der Waals surface area contributed by atoms with E-state index in [0.717, 1.165) is 12.8 Å². The maximum absolute atomic E-state index is 13.7. The number of hydrogen-bond acceptors (Lipinski definition) is 3. The van der Waals surface area contributed by atoms with Crippen molar-refractivity contribution in [2.24, 2.45) is 0 Å². The van der Waals surface area contributed by atoms with Gasteiger partial charge in [-0.25, -0.2) is 4.39 Å². The van der Waals surface area contributed by atoms with Gasteiger partial charge in [-0.2, -0.15) is 0 Å². The van der Waals surface area contributed by atoms with Crippen LogP contribution < -0.4 is 10.2 Å². The lowest BCUT2D eigenvalue weighted by Crippen LogP contribution is -2.53. The Morgan fingerprint density at radius 3 is 2.38 bits per heavy atom. The number of anilines is 1. The Kier molecular flexibility index (Phi) is 3.77. The lowest BCUT2D eigenvalue weighted by atomic mass is 10.2. The molecule has 6 heteroatoms. The summed E-state index contributed by atoms with van der Waals surface area (Å²) >= 11 is 0. The molecule has 1 N–H and O–H groups in total. The van der Waals surface area contributed by atoms with Crippen molar-refractivity contribution in [2.75, 3.05) is 31.1 Å². The molecule has 2 fully saturated rings. The third-order valence-electron chi connectivity index (χ3n) is 3.87. The molecule has 0 spiro atoms. The minimum atomic E-state index is -0.517. The molecule has 2 aliphatic rings. The van der Waals surface area contributed by atoms with Crippen LogP contribution in [0, 0.1) is 5.82 Å². The van der Waals surface area contributed by atoms with Gasteiger partial charge < -0.3 is 15.1 Å². The standard InChI is InChI=1S/C15H18FN3O2/c16-12-3-1-2-4-13(12)18-7-9-19(10-8-18)15(21)14(20)17-11-5-6-11/h1-4,11H,5-10H2,(H,17,20). The van der Waals surface area contributed by atoms with E-state index in [4.69, 9.17) is 0 Å². The van der Waals surface area contributed by atoms with Crippen LogP contribution in [0.25, 0.3) is 0 Å². The first-order valence-corrected chi connectivity index (χ1v) is 7.24. The van der Waals surface area contributed by atoms with Gasteiger partial charge in [-0.1, -0.05) is 12.1 Å². The molecule has 1 aromatic carbocycles. The molecule has 0 radical (unpaired) electrons. The van der Waals surface area contributed by atoms with E-state index in [1.54, 1.807) is 18.2 Å². The van der Waals surface area contributed by atoms with Crippen molar-refractivity contribution < 1.29 is 14.0 Å². The van der Waals surface area contributed by atoms with Gasteiger partial charge in [0.1, 0.15) is 5.82 Å². The molecule has 2 amide bonds. The predicted molar refractivity (Wildman–Crippen MR) is 76.4 cm³/mol. The van der Waals surface area contributed by atoms with Gasteiger partial charge in [0.2, 0.25) is 0 Å². The first-order chi connectivity index (χ1) is 10.1. The van der Waals surface area contributed by atoms with Crippen molar-refractivity contribution >= 4 is 17.5 Å². The fraction of sp³-hybridized carbons (Fsp3) is 0.467. The van der Waals surface area contributed by atoms with Gasteiger partial charge >= 0.3 is 11.8 Å². The zero-order valence-corrected chi connectivity index (χ0v) is 11.7. The first-order valence-electron chi connectivity index (χ1n) is 7.24. The Morgan fingerprint density at radius 1 is 1.10 bits per heavy atom. The lowest BCUT2D eigenvalue weighted by Gasteiger charge is -2.35. The Hall–Kier alpha value is -2.11. The summed E-state index contributed by atoms with van der Waals surface area (Å²) in [5.74, 6) is -1.25. The largest absolute Gasteiger partial charge is 0.366 e. The number of piperazine rings is 1. The molecular weight excluding hydrogens is 273 g/mol. The number of carbonyl (C=O) groups is 2. The lowest BCUT2D eigenvalue weighted by molar-refractivity contribution is -0.146. The molecule has 1 saturated carbocycles. The Bertz CT molecular complexity index is 552. The number of benzene rings is 1. The molecule has 0 unspecified atom stereocenters. The van der Waals surface area contributed by atoms with Crippen molar-refractivity contribution in [3.05, 3.63) is 30.1 Å². The molecule has 0 atom stereocenters. The van der Waals surface area contributed by atoms with E-state index in [9.17, 15) is 14.0 Å². The second kappa shape index (κ2) is 5.71. The summed E-state index contributed by atoms with van der Waals surface area (Å²) in [6.45, 7) is 1.93. The van der Waals surface area contributed by atoms with Crippen LogP contribution in [0.3, 0.4) is 0 Å². The highest BCUT2D eigenvalue weighted by Gasteiger charge is 2.30. The number of nitrogens with one attached hydrogen (secondary N) is 1. The Morgan fingerprint density at radius 2 is 1.76 bits per heavy atom. The summed E-state index contributed by atoms with van der Waals surface area (Å²) in [6, 6.07) is 6.78. The van der Waals surface area contributed by atoms with Crippen molar-refractivity contribution in [1.29, 1.82) is 0 Å². The molecule has 0 aromatic heterocycles. The normalized spacial score (nSPS) is 18.5. The van der Waals surface area contributed by atoms with E-state index in [2.05, 4.69) is 5.32 Å². The second-order valence-corrected chi connectivity index (χ2v) is 5.48. The van der Waals surface area contributed by atoms with Gasteiger partial charge in [0, 0.05) is 32.2 Å². The van der Waals surface area contributed by atoms with Gasteiger partial charge in [-0.15, -0.1) is 0 Å². The second-order valence-electron chi connectivity index (χ2n) is 5.48. The smallest absolute Gasteiger partial charge is 0.312 e. The van der Waals surface area contributed by atoms with Gasteiger partial charge in [-0.05, 0) is 25.0 Å². The summed E-state index contributed by atoms with van der Waals surface area (Å²) < 4.78 is 13.7. The summed E-state index contributed by atoms with van der Waals surface area (Å²) in [5, 5.41) is 2.70. The molecule has 5 nitrogen and oxygen atoms in total.